The molecule has 0 aliphatic heterocycles. The molecule has 29 heavy (non-hydrogen) atoms. The third-order valence-corrected chi connectivity index (χ3v) is 4.37. The van der Waals surface area contributed by atoms with Gasteiger partial charge in [-0.3, -0.25) is 9.59 Å². The first-order valence-electron chi connectivity index (χ1n) is 9.33. The molecule has 0 saturated heterocycles. The van der Waals surface area contributed by atoms with E-state index in [1.807, 2.05) is 44.2 Å². The largest absolute Gasteiger partial charge is 0.482 e. The Hall–Kier alpha value is -3.35. The Morgan fingerprint density at radius 3 is 2.21 bits per heavy atom. The second-order valence-electron chi connectivity index (χ2n) is 7.03. The maximum Gasteiger partial charge on any atom is 0.341 e. The molecule has 0 bridgehead atoms. The summed E-state index contributed by atoms with van der Waals surface area (Å²) in [6.45, 7) is 3.32. The highest BCUT2D eigenvalue weighted by molar-refractivity contribution is 5.99. The number of carboxylic acid groups (broad SMARTS) is 1. The van der Waals surface area contributed by atoms with E-state index >= 15 is 0 Å². The minimum atomic E-state index is -1.06. The third kappa shape index (κ3) is 6.64. The van der Waals surface area contributed by atoms with Crippen LogP contribution in [-0.2, 0) is 20.8 Å². The number of nitrogens with zero attached hydrogens (tertiary/aromatic N) is 1. The summed E-state index contributed by atoms with van der Waals surface area (Å²) >= 11 is 0. The molecule has 0 aliphatic rings. The van der Waals surface area contributed by atoms with Crippen molar-refractivity contribution in [3.63, 3.8) is 0 Å². The smallest absolute Gasteiger partial charge is 0.341 e. The molecule has 1 unspecified atom stereocenters. The Labute approximate surface area is 170 Å². The Kier molecular flexibility index (Phi) is 7.77. The zero-order valence-corrected chi connectivity index (χ0v) is 16.8. The highest BCUT2D eigenvalue weighted by atomic mass is 16.5. The van der Waals surface area contributed by atoms with Crippen LogP contribution in [-0.4, -0.2) is 42.6 Å². The first-order valence-corrected chi connectivity index (χ1v) is 9.33. The van der Waals surface area contributed by atoms with E-state index in [4.69, 9.17) is 9.84 Å². The Bertz CT molecular complexity index is 834. The van der Waals surface area contributed by atoms with Crippen LogP contribution in [0.25, 0.3) is 0 Å². The molecule has 0 fully saturated rings. The molecule has 2 N–H and O–H groups in total. The van der Waals surface area contributed by atoms with Crippen molar-refractivity contribution in [2.45, 2.75) is 26.3 Å². The highest BCUT2D eigenvalue weighted by Gasteiger charge is 2.27. The SMILES string of the molecule is CC(C)C(NC(=O)Cc1ccccc1)C(=O)N(C)c1ccc(OCC(=O)O)cc1. The lowest BCUT2D eigenvalue weighted by atomic mass is 10.0. The number of carboxylic acids is 1. The van der Waals surface area contributed by atoms with E-state index in [-0.39, 0.29) is 24.2 Å². The number of hydrogen-bond donors (Lipinski definition) is 2. The van der Waals surface area contributed by atoms with Crippen LogP contribution >= 0.6 is 0 Å². The molecule has 2 aromatic rings. The van der Waals surface area contributed by atoms with Gasteiger partial charge in [0.2, 0.25) is 11.8 Å². The van der Waals surface area contributed by atoms with Gasteiger partial charge in [0.1, 0.15) is 11.8 Å². The van der Waals surface area contributed by atoms with E-state index in [0.29, 0.717) is 11.4 Å². The molecular formula is C22H26N2O5. The second kappa shape index (κ2) is 10.3. The van der Waals surface area contributed by atoms with E-state index in [1.54, 1.807) is 31.3 Å². The van der Waals surface area contributed by atoms with Gasteiger partial charge >= 0.3 is 5.97 Å². The van der Waals surface area contributed by atoms with Crippen molar-refractivity contribution in [2.24, 2.45) is 5.92 Å². The number of carbonyl (C=O) groups is 3. The third-order valence-electron chi connectivity index (χ3n) is 4.37. The summed E-state index contributed by atoms with van der Waals surface area (Å²) in [5.74, 6) is -1.21. The van der Waals surface area contributed by atoms with Gasteiger partial charge < -0.3 is 20.1 Å². The molecule has 0 saturated carbocycles. The van der Waals surface area contributed by atoms with Gasteiger partial charge in [0.25, 0.3) is 0 Å². The normalized spacial score (nSPS) is 11.6. The van der Waals surface area contributed by atoms with Crippen LogP contribution in [0.3, 0.4) is 0 Å². The molecule has 0 spiro atoms. The number of aliphatic carboxylic acids is 1. The van der Waals surface area contributed by atoms with Gasteiger partial charge in [-0.2, -0.15) is 0 Å². The molecule has 7 heteroatoms. The van der Waals surface area contributed by atoms with Crippen LogP contribution in [0.2, 0.25) is 0 Å². The minimum Gasteiger partial charge on any atom is -0.482 e. The number of likely N-dealkylation sites (N-methyl/N-ethyl adjacent to an activating group) is 1. The van der Waals surface area contributed by atoms with Crippen molar-refractivity contribution in [2.75, 3.05) is 18.6 Å². The van der Waals surface area contributed by atoms with Crippen LogP contribution in [0.5, 0.6) is 5.75 Å². The van der Waals surface area contributed by atoms with E-state index in [9.17, 15) is 14.4 Å². The van der Waals surface area contributed by atoms with E-state index in [2.05, 4.69) is 5.32 Å². The fraction of sp³-hybridized carbons (Fsp3) is 0.318. The maximum atomic E-state index is 13.0. The van der Waals surface area contributed by atoms with Crippen molar-refractivity contribution in [1.82, 2.24) is 5.32 Å². The van der Waals surface area contributed by atoms with Crippen molar-refractivity contribution in [3.8, 4) is 5.75 Å². The van der Waals surface area contributed by atoms with Gasteiger partial charge in [0, 0.05) is 12.7 Å². The van der Waals surface area contributed by atoms with Gasteiger partial charge in [-0.1, -0.05) is 44.2 Å². The van der Waals surface area contributed by atoms with Crippen LogP contribution in [0.15, 0.2) is 54.6 Å². The van der Waals surface area contributed by atoms with E-state index in [1.165, 1.54) is 4.90 Å². The van der Waals surface area contributed by atoms with E-state index in [0.717, 1.165) is 5.56 Å². The molecule has 0 aliphatic carbocycles. The lowest BCUT2D eigenvalue weighted by molar-refractivity contribution is -0.139. The van der Waals surface area contributed by atoms with Crippen LogP contribution in [0.4, 0.5) is 5.69 Å². The predicted molar refractivity (Wildman–Crippen MR) is 110 cm³/mol. The molecule has 0 radical (unpaired) electrons. The first kappa shape index (κ1) is 21.9. The number of nitrogens with one attached hydrogen (secondary N) is 1. The fourth-order valence-corrected chi connectivity index (χ4v) is 2.77. The molecule has 154 valence electrons. The van der Waals surface area contributed by atoms with Gasteiger partial charge in [0.15, 0.2) is 6.61 Å². The minimum absolute atomic E-state index is 0.0946. The summed E-state index contributed by atoms with van der Waals surface area (Å²) in [6, 6.07) is 15.2. The zero-order valence-electron chi connectivity index (χ0n) is 16.8. The average molecular weight is 398 g/mol. The molecule has 2 rings (SSSR count). The summed E-state index contributed by atoms with van der Waals surface area (Å²) in [5, 5.41) is 11.5. The predicted octanol–water partition coefficient (Wildman–Crippen LogP) is 2.50. The monoisotopic (exact) mass is 398 g/mol. The van der Waals surface area contributed by atoms with Gasteiger partial charge in [-0.05, 0) is 35.7 Å². The first-order chi connectivity index (χ1) is 13.8. The number of amides is 2. The number of benzene rings is 2. The summed E-state index contributed by atoms with van der Waals surface area (Å²) in [6.07, 6.45) is 0.205. The lowest BCUT2D eigenvalue weighted by Gasteiger charge is -2.27. The van der Waals surface area contributed by atoms with Gasteiger partial charge in [-0.25, -0.2) is 4.79 Å². The summed E-state index contributed by atoms with van der Waals surface area (Å²) in [7, 11) is 1.63. The van der Waals surface area contributed by atoms with Crippen LogP contribution in [0.1, 0.15) is 19.4 Å². The summed E-state index contributed by atoms with van der Waals surface area (Å²) < 4.78 is 5.10. The molecule has 1 atom stereocenters. The Morgan fingerprint density at radius 2 is 1.66 bits per heavy atom. The molecule has 0 heterocycles. The highest BCUT2D eigenvalue weighted by Crippen LogP contribution is 2.20. The number of carbonyl (C=O) groups excluding carboxylic acids is 2. The summed E-state index contributed by atoms with van der Waals surface area (Å²) in [4.78, 5) is 37.4. The molecular weight excluding hydrogens is 372 g/mol. The summed E-state index contributed by atoms with van der Waals surface area (Å²) in [5.41, 5.74) is 1.49. The number of hydrogen-bond acceptors (Lipinski definition) is 4. The van der Waals surface area contributed by atoms with Crippen LogP contribution < -0.4 is 15.0 Å². The fourth-order valence-electron chi connectivity index (χ4n) is 2.77. The van der Waals surface area contributed by atoms with Crippen molar-refractivity contribution in [1.29, 1.82) is 0 Å². The van der Waals surface area contributed by atoms with Crippen molar-refractivity contribution < 1.29 is 24.2 Å². The van der Waals surface area contributed by atoms with Crippen molar-refractivity contribution >= 4 is 23.5 Å². The van der Waals surface area contributed by atoms with Crippen LogP contribution in [0, 0.1) is 5.92 Å². The standard InChI is InChI=1S/C22H26N2O5/c1-15(2)21(23-19(25)13-16-7-5-4-6-8-16)22(28)24(3)17-9-11-18(12-10-17)29-14-20(26)27/h4-12,15,21H,13-14H2,1-3H3,(H,23,25)(H,26,27). The molecule has 2 aromatic carbocycles. The van der Waals surface area contributed by atoms with Crippen molar-refractivity contribution in [3.05, 3.63) is 60.2 Å². The Balaban J connectivity index is 2.03. The second-order valence-corrected chi connectivity index (χ2v) is 7.03. The molecule has 2 amide bonds. The average Bonchev–Trinajstić information content (AvgIpc) is 2.70. The lowest BCUT2D eigenvalue weighted by Crippen LogP contribution is -2.50. The molecule has 7 nitrogen and oxygen atoms in total. The quantitative estimate of drug-likeness (QED) is 0.677. The maximum absolute atomic E-state index is 13.0. The zero-order chi connectivity index (χ0) is 21.4. The van der Waals surface area contributed by atoms with E-state index < -0.39 is 18.6 Å². The number of rotatable bonds is 9. The Morgan fingerprint density at radius 1 is 1.03 bits per heavy atom. The van der Waals surface area contributed by atoms with Gasteiger partial charge in [0.05, 0.1) is 6.42 Å². The number of anilines is 1. The number of ether oxygens (including phenoxy) is 1. The topological polar surface area (TPSA) is 95.9 Å². The molecule has 0 aromatic heterocycles. The van der Waals surface area contributed by atoms with Gasteiger partial charge in [-0.15, -0.1) is 0 Å².